The van der Waals surface area contributed by atoms with Gasteiger partial charge in [-0.1, -0.05) is 5.16 Å². The van der Waals surface area contributed by atoms with Crippen LogP contribution >= 0.6 is 0 Å². The van der Waals surface area contributed by atoms with Crippen molar-refractivity contribution in [3.05, 3.63) is 12.3 Å². The van der Waals surface area contributed by atoms with Crippen LogP contribution in [0.4, 0.5) is 10.7 Å². The summed E-state index contributed by atoms with van der Waals surface area (Å²) >= 11 is 0. The van der Waals surface area contributed by atoms with Gasteiger partial charge in [0, 0.05) is 13.1 Å². The summed E-state index contributed by atoms with van der Waals surface area (Å²) in [6.45, 7) is 0. The van der Waals surface area contributed by atoms with E-state index in [9.17, 15) is 4.79 Å². The molecule has 2 amide bonds. The molecule has 54 valence electrons. The quantitative estimate of drug-likeness (QED) is 0.595. The Morgan fingerprint density at radius 2 is 2.60 bits per heavy atom. The molecule has 0 atom stereocenters. The summed E-state index contributed by atoms with van der Waals surface area (Å²) in [5.41, 5.74) is 0. The zero-order chi connectivity index (χ0) is 7.40. The van der Waals surface area contributed by atoms with Gasteiger partial charge in [0.1, 0.15) is 0 Å². The monoisotopic (exact) mass is 141 g/mol. The molecular weight excluding hydrogens is 134 g/mol. The van der Waals surface area contributed by atoms with E-state index in [1.54, 1.807) is 6.07 Å². The van der Waals surface area contributed by atoms with Gasteiger partial charge in [-0.25, -0.2) is 4.79 Å². The number of nitrogens with zero attached hydrogens (tertiary/aromatic N) is 1. The van der Waals surface area contributed by atoms with Gasteiger partial charge in [-0.15, -0.1) is 0 Å². The average molecular weight is 141 g/mol. The lowest BCUT2D eigenvalue weighted by Crippen LogP contribution is -2.24. The first-order valence-corrected chi connectivity index (χ1v) is 2.72. The molecule has 0 saturated heterocycles. The molecule has 0 unspecified atom stereocenters. The minimum Gasteiger partial charge on any atom is -0.341 e. The maximum absolute atomic E-state index is 10.6. The van der Waals surface area contributed by atoms with Crippen LogP contribution in [0.25, 0.3) is 0 Å². The van der Waals surface area contributed by atoms with Crippen molar-refractivity contribution < 1.29 is 9.32 Å². The van der Waals surface area contributed by atoms with Crippen molar-refractivity contribution in [2.24, 2.45) is 0 Å². The smallest absolute Gasteiger partial charge is 0.321 e. The molecule has 0 spiro atoms. The highest BCUT2D eigenvalue weighted by Crippen LogP contribution is 2.01. The maximum atomic E-state index is 10.6. The van der Waals surface area contributed by atoms with Crippen LogP contribution in [-0.4, -0.2) is 18.2 Å². The zero-order valence-corrected chi connectivity index (χ0v) is 5.42. The fourth-order valence-corrected chi connectivity index (χ4v) is 0.455. The number of hydrogen-bond donors (Lipinski definition) is 2. The molecule has 0 aromatic carbocycles. The van der Waals surface area contributed by atoms with Crippen molar-refractivity contribution in [3.8, 4) is 0 Å². The molecule has 0 bridgehead atoms. The fraction of sp³-hybridized carbons (Fsp3) is 0.200. The van der Waals surface area contributed by atoms with Gasteiger partial charge in [-0.05, 0) is 0 Å². The number of aromatic nitrogens is 1. The van der Waals surface area contributed by atoms with Crippen molar-refractivity contribution in [3.63, 3.8) is 0 Å². The number of hydrogen-bond acceptors (Lipinski definition) is 3. The van der Waals surface area contributed by atoms with Crippen LogP contribution in [0.2, 0.25) is 0 Å². The molecule has 2 N–H and O–H groups in total. The second kappa shape index (κ2) is 2.86. The fourth-order valence-electron chi connectivity index (χ4n) is 0.455. The summed E-state index contributed by atoms with van der Waals surface area (Å²) in [5, 5.41) is 8.15. The molecule has 1 aromatic heterocycles. The standard InChI is InChI=1S/C5H7N3O2/c1-6-5(9)8-4-2-3-7-10-4/h2-3H,1H3,(H2,6,8,9). The van der Waals surface area contributed by atoms with E-state index < -0.39 is 0 Å². The topological polar surface area (TPSA) is 67.2 Å². The third kappa shape index (κ3) is 1.48. The van der Waals surface area contributed by atoms with Crippen LogP contribution < -0.4 is 10.6 Å². The molecule has 0 fully saturated rings. The molecule has 1 heterocycles. The van der Waals surface area contributed by atoms with Gasteiger partial charge >= 0.3 is 6.03 Å². The van der Waals surface area contributed by atoms with E-state index in [2.05, 4.69) is 20.3 Å². The lowest BCUT2D eigenvalue weighted by atomic mass is 10.6. The second-order valence-electron chi connectivity index (χ2n) is 1.58. The highest BCUT2D eigenvalue weighted by atomic mass is 16.5. The number of rotatable bonds is 1. The molecular formula is C5H7N3O2. The average Bonchev–Trinajstić information content (AvgIpc) is 2.40. The summed E-state index contributed by atoms with van der Waals surface area (Å²) in [5.74, 6) is 0.333. The SMILES string of the molecule is CNC(=O)Nc1ccno1. The predicted octanol–water partition coefficient (Wildman–Crippen LogP) is 0.426. The van der Waals surface area contributed by atoms with Gasteiger partial charge in [0.05, 0.1) is 6.20 Å². The van der Waals surface area contributed by atoms with E-state index in [1.165, 1.54) is 13.2 Å². The van der Waals surface area contributed by atoms with Crippen molar-refractivity contribution in [2.45, 2.75) is 0 Å². The Bertz CT molecular complexity index is 207. The van der Waals surface area contributed by atoms with Gasteiger partial charge in [-0.3, -0.25) is 5.32 Å². The lowest BCUT2D eigenvalue weighted by molar-refractivity contribution is 0.253. The molecule has 0 saturated carbocycles. The summed E-state index contributed by atoms with van der Waals surface area (Å²) in [6, 6.07) is 1.23. The minimum atomic E-state index is -0.322. The first kappa shape index (κ1) is 6.60. The minimum absolute atomic E-state index is 0.322. The Hall–Kier alpha value is -1.52. The van der Waals surface area contributed by atoms with Crippen LogP contribution in [0.1, 0.15) is 0 Å². The summed E-state index contributed by atoms with van der Waals surface area (Å²) < 4.78 is 4.58. The van der Waals surface area contributed by atoms with Gasteiger partial charge in [0.2, 0.25) is 5.88 Å². The first-order chi connectivity index (χ1) is 4.83. The number of amides is 2. The Labute approximate surface area is 57.4 Å². The van der Waals surface area contributed by atoms with Gasteiger partial charge in [0.25, 0.3) is 0 Å². The summed E-state index contributed by atoms with van der Waals surface area (Å²) in [4.78, 5) is 10.6. The number of carbonyl (C=O) groups excluding carboxylic acids is 1. The normalized spacial score (nSPS) is 8.90. The predicted molar refractivity (Wildman–Crippen MR) is 34.6 cm³/mol. The second-order valence-corrected chi connectivity index (χ2v) is 1.58. The van der Waals surface area contributed by atoms with Crippen LogP contribution in [0.3, 0.4) is 0 Å². The molecule has 5 nitrogen and oxygen atoms in total. The van der Waals surface area contributed by atoms with Gasteiger partial charge in [0.15, 0.2) is 0 Å². The number of carbonyl (C=O) groups is 1. The number of urea groups is 1. The van der Waals surface area contributed by atoms with Gasteiger partial charge in [-0.2, -0.15) is 0 Å². The Morgan fingerprint density at radius 3 is 3.10 bits per heavy atom. The largest absolute Gasteiger partial charge is 0.341 e. The lowest BCUT2D eigenvalue weighted by Gasteiger charge is -1.96. The van der Waals surface area contributed by atoms with Crippen LogP contribution in [0, 0.1) is 0 Å². The first-order valence-electron chi connectivity index (χ1n) is 2.72. The van der Waals surface area contributed by atoms with Crippen molar-refractivity contribution in [1.82, 2.24) is 10.5 Å². The third-order valence-electron chi connectivity index (χ3n) is 0.902. The van der Waals surface area contributed by atoms with Crippen LogP contribution in [-0.2, 0) is 0 Å². The van der Waals surface area contributed by atoms with E-state index in [1.807, 2.05) is 0 Å². The van der Waals surface area contributed by atoms with Crippen LogP contribution in [0.15, 0.2) is 16.8 Å². The molecule has 10 heavy (non-hydrogen) atoms. The third-order valence-corrected chi connectivity index (χ3v) is 0.902. The molecule has 0 aliphatic carbocycles. The van der Waals surface area contributed by atoms with E-state index >= 15 is 0 Å². The highest BCUT2D eigenvalue weighted by molar-refractivity contribution is 5.87. The van der Waals surface area contributed by atoms with Crippen molar-refractivity contribution in [1.29, 1.82) is 0 Å². The number of nitrogens with one attached hydrogen (secondary N) is 2. The molecule has 0 radical (unpaired) electrons. The van der Waals surface area contributed by atoms with Crippen molar-refractivity contribution >= 4 is 11.9 Å². The van der Waals surface area contributed by atoms with E-state index in [4.69, 9.17) is 0 Å². The number of anilines is 1. The Morgan fingerprint density at radius 1 is 1.80 bits per heavy atom. The van der Waals surface area contributed by atoms with Gasteiger partial charge < -0.3 is 9.84 Å². The maximum Gasteiger partial charge on any atom is 0.321 e. The molecule has 1 rings (SSSR count). The van der Waals surface area contributed by atoms with E-state index in [-0.39, 0.29) is 6.03 Å². The summed E-state index contributed by atoms with van der Waals surface area (Å²) in [6.07, 6.45) is 1.45. The molecule has 1 aromatic rings. The highest BCUT2D eigenvalue weighted by Gasteiger charge is 1.99. The molecule has 0 aliphatic heterocycles. The van der Waals surface area contributed by atoms with E-state index in [0.717, 1.165) is 0 Å². The van der Waals surface area contributed by atoms with Crippen LogP contribution in [0.5, 0.6) is 0 Å². The Kier molecular flexibility index (Phi) is 1.89. The molecule has 5 heteroatoms. The molecule has 0 aliphatic rings. The van der Waals surface area contributed by atoms with E-state index in [0.29, 0.717) is 5.88 Å². The van der Waals surface area contributed by atoms with Crippen molar-refractivity contribution in [2.75, 3.05) is 12.4 Å². The zero-order valence-electron chi connectivity index (χ0n) is 5.42. The summed E-state index contributed by atoms with van der Waals surface area (Å²) in [7, 11) is 1.52. The Balaban J connectivity index is 2.48.